The van der Waals surface area contributed by atoms with Gasteiger partial charge >= 0.3 is 12.1 Å². The number of halogens is 3. The Bertz CT molecular complexity index is 1020. The zero-order chi connectivity index (χ0) is 24.2. The highest BCUT2D eigenvalue weighted by atomic mass is 32.2. The standard InChI is InChI=1S/C24H29F3N2O3S/c1-28-18-10-12-23(13-11-18,29-22(30)24(25,26)27)15-17-14-16(8-9-20(17)32-2)19-6-4-5-7-21(19)33(3)31/h4-9,14,18,28H,10-13,15H2,1-3H3,(H,29,30). The number of hydrogen-bond donors (Lipinski definition) is 2. The Balaban J connectivity index is 2.01. The van der Waals surface area contributed by atoms with Crippen LogP contribution < -0.4 is 15.4 Å². The van der Waals surface area contributed by atoms with E-state index in [2.05, 4.69) is 10.6 Å². The predicted molar refractivity (Wildman–Crippen MR) is 123 cm³/mol. The molecule has 2 aromatic carbocycles. The number of benzene rings is 2. The lowest BCUT2D eigenvalue weighted by molar-refractivity contribution is -0.176. The van der Waals surface area contributed by atoms with E-state index in [-0.39, 0.29) is 12.5 Å². The molecule has 1 aliphatic rings. The molecule has 9 heteroatoms. The molecule has 1 saturated carbocycles. The molecule has 3 rings (SSSR count). The molecule has 0 bridgehead atoms. The SMILES string of the molecule is CNC1CCC(Cc2cc(-c3ccccc3S(C)=O)ccc2OC)(NC(=O)C(F)(F)F)CC1. The number of nitrogens with one attached hydrogen (secondary N) is 2. The fourth-order valence-corrected chi connectivity index (χ4v) is 5.29. The second-order valence-corrected chi connectivity index (χ2v) is 9.80. The van der Waals surface area contributed by atoms with Gasteiger partial charge in [0.15, 0.2) is 0 Å². The van der Waals surface area contributed by atoms with Gasteiger partial charge in [0.25, 0.3) is 0 Å². The minimum atomic E-state index is -4.96. The van der Waals surface area contributed by atoms with E-state index in [4.69, 9.17) is 4.74 Å². The van der Waals surface area contributed by atoms with Crippen molar-refractivity contribution in [3.8, 4) is 16.9 Å². The largest absolute Gasteiger partial charge is 0.496 e. The van der Waals surface area contributed by atoms with Crippen LogP contribution in [0.15, 0.2) is 47.4 Å². The van der Waals surface area contributed by atoms with E-state index in [0.717, 1.165) is 11.1 Å². The summed E-state index contributed by atoms with van der Waals surface area (Å²) in [6.45, 7) is 0. The second-order valence-electron chi connectivity index (χ2n) is 8.45. The molecule has 2 N–H and O–H groups in total. The summed E-state index contributed by atoms with van der Waals surface area (Å²) in [4.78, 5) is 12.6. The van der Waals surface area contributed by atoms with Crippen molar-refractivity contribution >= 4 is 16.7 Å². The van der Waals surface area contributed by atoms with Crippen LogP contribution in [0.5, 0.6) is 5.75 Å². The molecule has 1 amide bonds. The summed E-state index contributed by atoms with van der Waals surface area (Å²) in [6, 6.07) is 13.0. The molecule has 0 aliphatic heterocycles. The molecule has 0 spiro atoms. The van der Waals surface area contributed by atoms with Crippen molar-refractivity contribution in [3.63, 3.8) is 0 Å². The average Bonchev–Trinajstić information content (AvgIpc) is 2.79. The van der Waals surface area contributed by atoms with Crippen LogP contribution in [0.4, 0.5) is 13.2 Å². The smallest absolute Gasteiger partial charge is 0.471 e. The summed E-state index contributed by atoms with van der Waals surface area (Å²) in [6.07, 6.45) is -1.05. The molecule has 0 aromatic heterocycles. The van der Waals surface area contributed by atoms with E-state index in [0.29, 0.717) is 41.9 Å². The lowest BCUT2D eigenvalue weighted by Crippen LogP contribution is -2.57. The zero-order valence-corrected chi connectivity index (χ0v) is 19.7. The van der Waals surface area contributed by atoms with Gasteiger partial charge in [0.05, 0.1) is 17.9 Å². The lowest BCUT2D eigenvalue weighted by Gasteiger charge is -2.41. The van der Waals surface area contributed by atoms with E-state index in [1.807, 2.05) is 37.4 Å². The maximum absolute atomic E-state index is 13.1. The first kappa shape index (κ1) is 25.2. The van der Waals surface area contributed by atoms with Gasteiger partial charge in [-0.1, -0.05) is 24.3 Å². The van der Waals surface area contributed by atoms with Gasteiger partial charge in [-0.25, -0.2) is 0 Å². The Morgan fingerprint density at radius 1 is 1.18 bits per heavy atom. The lowest BCUT2D eigenvalue weighted by atomic mass is 9.75. The second kappa shape index (κ2) is 10.3. The molecule has 0 radical (unpaired) electrons. The molecule has 1 aliphatic carbocycles. The summed E-state index contributed by atoms with van der Waals surface area (Å²) in [5, 5.41) is 5.48. The third-order valence-electron chi connectivity index (χ3n) is 6.30. The third kappa shape index (κ3) is 5.95. The molecule has 0 heterocycles. The van der Waals surface area contributed by atoms with Gasteiger partial charge in [-0.15, -0.1) is 0 Å². The van der Waals surface area contributed by atoms with Crippen LogP contribution in [-0.4, -0.2) is 48.3 Å². The fourth-order valence-electron chi connectivity index (χ4n) is 4.52. The van der Waals surface area contributed by atoms with Crippen LogP contribution in [0.3, 0.4) is 0 Å². The highest BCUT2D eigenvalue weighted by Gasteiger charge is 2.45. The summed E-state index contributed by atoms with van der Waals surface area (Å²) < 4.78 is 57.1. The predicted octanol–water partition coefficient (Wildman–Crippen LogP) is 4.22. The Labute approximate surface area is 194 Å². The van der Waals surface area contributed by atoms with Gasteiger partial charge in [-0.3, -0.25) is 9.00 Å². The van der Waals surface area contributed by atoms with E-state index < -0.39 is 28.4 Å². The normalized spacial score (nSPS) is 21.9. The van der Waals surface area contributed by atoms with Crippen molar-refractivity contribution in [2.75, 3.05) is 20.4 Å². The third-order valence-corrected chi connectivity index (χ3v) is 7.28. The molecular weight excluding hydrogens is 453 g/mol. The molecule has 1 unspecified atom stereocenters. The highest BCUT2D eigenvalue weighted by molar-refractivity contribution is 7.84. The van der Waals surface area contributed by atoms with E-state index in [1.54, 1.807) is 18.4 Å². The Kier molecular flexibility index (Phi) is 7.84. The number of amides is 1. The summed E-state index contributed by atoms with van der Waals surface area (Å²) in [5.41, 5.74) is 1.23. The number of carbonyl (C=O) groups is 1. The quantitative estimate of drug-likeness (QED) is 0.620. The van der Waals surface area contributed by atoms with Crippen LogP contribution in [0.25, 0.3) is 11.1 Å². The van der Waals surface area contributed by atoms with E-state index in [1.165, 1.54) is 7.11 Å². The van der Waals surface area contributed by atoms with Crippen molar-refractivity contribution in [2.24, 2.45) is 0 Å². The molecule has 0 saturated heterocycles. The van der Waals surface area contributed by atoms with Gasteiger partial charge in [-0.05, 0) is 74.0 Å². The Morgan fingerprint density at radius 3 is 2.42 bits per heavy atom. The number of methoxy groups -OCH3 is 1. The average molecular weight is 483 g/mol. The number of rotatable bonds is 7. The Hall–Kier alpha value is -2.39. The highest BCUT2D eigenvalue weighted by Crippen LogP contribution is 2.37. The van der Waals surface area contributed by atoms with Crippen molar-refractivity contribution in [3.05, 3.63) is 48.0 Å². The fraction of sp³-hybridized carbons (Fsp3) is 0.458. The molecule has 180 valence electrons. The van der Waals surface area contributed by atoms with Crippen molar-refractivity contribution < 1.29 is 26.9 Å². The molecular formula is C24H29F3N2O3S. The molecule has 5 nitrogen and oxygen atoms in total. The monoisotopic (exact) mass is 482 g/mol. The first-order valence-corrected chi connectivity index (χ1v) is 12.3. The maximum atomic E-state index is 13.1. The van der Waals surface area contributed by atoms with E-state index >= 15 is 0 Å². The number of hydrogen-bond acceptors (Lipinski definition) is 4. The first-order chi connectivity index (χ1) is 15.6. The first-order valence-electron chi connectivity index (χ1n) is 10.7. The minimum absolute atomic E-state index is 0.194. The van der Waals surface area contributed by atoms with Crippen LogP contribution in [0.1, 0.15) is 31.2 Å². The summed E-state index contributed by atoms with van der Waals surface area (Å²) in [7, 11) is 2.12. The van der Waals surface area contributed by atoms with Crippen molar-refractivity contribution in [1.29, 1.82) is 0 Å². The van der Waals surface area contributed by atoms with Crippen LogP contribution in [-0.2, 0) is 22.0 Å². The number of alkyl halides is 3. The van der Waals surface area contributed by atoms with Gasteiger partial charge in [0, 0.05) is 22.7 Å². The van der Waals surface area contributed by atoms with Gasteiger partial charge in [0.2, 0.25) is 0 Å². The number of ether oxygens (including phenoxy) is 1. The molecule has 1 fully saturated rings. The van der Waals surface area contributed by atoms with Gasteiger partial charge in [-0.2, -0.15) is 13.2 Å². The minimum Gasteiger partial charge on any atom is -0.496 e. The summed E-state index contributed by atoms with van der Waals surface area (Å²) in [5.74, 6) is -1.39. The topological polar surface area (TPSA) is 67.4 Å². The summed E-state index contributed by atoms with van der Waals surface area (Å²) >= 11 is 0. The van der Waals surface area contributed by atoms with Crippen LogP contribution in [0, 0.1) is 0 Å². The van der Waals surface area contributed by atoms with Crippen LogP contribution >= 0.6 is 0 Å². The molecule has 33 heavy (non-hydrogen) atoms. The van der Waals surface area contributed by atoms with Crippen LogP contribution in [0.2, 0.25) is 0 Å². The molecule has 2 aromatic rings. The van der Waals surface area contributed by atoms with Crippen molar-refractivity contribution in [2.45, 2.75) is 54.8 Å². The maximum Gasteiger partial charge on any atom is 0.471 e. The Morgan fingerprint density at radius 2 is 1.85 bits per heavy atom. The van der Waals surface area contributed by atoms with Gasteiger partial charge in [0.1, 0.15) is 5.75 Å². The van der Waals surface area contributed by atoms with E-state index in [9.17, 15) is 22.2 Å². The van der Waals surface area contributed by atoms with Crippen molar-refractivity contribution in [1.82, 2.24) is 10.6 Å². The number of carbonyl (C=O) groups excluding carboxylic acids is 1. The zero-order valence-electron chi connectivity index (χ0n) is 18.9. The molecule has 1 atom stereocenters. The van der Waals surface area contributed by atoms with Gasteiger partial charge < -0.3 is 15.4 Å².